The minimum Gasteiger partial charge on any atom is -0.493 e. The van der Waals surface area contributed by atoms with Gasteiger partial charge in [-0.15, -0.1) is 0 Å². The average Bonchev–Trinajstić information content (AvgIpc) is 2.65. The van der Waals surface area contributed by atoms with Gasteiger partial charge in [-0.25, -0.2) is 0 Å². The van der Waals surface area contributed by atoms with E-state index in [-0.39, 0.29) is 18.2 Å². The number of rotatable bonds is 7. The van der Waals surface area contributed by atoms with Gasteiger partial charge in [-0.05, 0) is 42.7 Å². The van der Waals surface area contributed by atoms with E-state index >= 15 is 0 Å². The zero-order chi connectivity index (χ0) is 19.1. The molecule has 2 amide bonds. The van der Waals surface area contributed by atoms with Gasteiger partial charge < -0.3 is 20.1 Å². The van der Waals surface area contributed by atoms with Crippen molar-refractivity contribution in [3.8, 4) is 11.5 Å². The van der Waals surface area contributed by atoms with Crippen LogP contribution in [0.1, 0.15) is 27.9 Å². The van der Waals surface area contributed by atoms with Crippen LogP contribution in [0.15, 0.2) is 36.4 Å². The van der Waals surface area contributed by atoms with E-state index in [1.54, 1.807) is 27.3 Å². The molecule has 2 N–H and O–H groups in total. The molecule has 0 atom stereocenters. The maximum absolute atomic E-state index is 12.3. The Morgan fingerprint density at radius 2 is 1.77 bits per heavy atom. The Labute approximate surface area is 153 Å². The summed E-state index contributed by atoms with van der Waals surface area (Å²) in [6, 6.07) is 10.9. The van der Waals surface area contributed by atoms with Crippen LogP contribution >= 0.6 is 0 Å². The van der Waals surface area contributed by atoms with Crippen LogP contribution in [0.3, 0.4) is 0 Å². The molecule has 6 heteroatoms. The number of aryl methyl sites for hydroxylation is 2. The lowest BCUT2D eigenvalue weighted by molar-refractivity contribution is -0.116. The molecule has 0 saturated heterocycles. The molecule has 0 bridgehead atoms. The van der Waals surface area contributed by atoms with Gasteiger partial charge in [0.05, 0.1) is 25.5 Å². The molecular formula is C20H24N2O4. The van der Waals surface area contributed by atoms with E-state index in [9.17, 15) is 9.59 Å². The van der Waals surface area contributed by atoms with Gasteiger partial charge in [0.25, 0.3) is 5.91 Å². The van der Waals surface area contributed by atoms with Gasteiger partial charge in [0, 0.05) is 13.5 Å². The first-order valence-corrected chi connectivity index (χ1v) is 8.32. The first-order chi connectivity index (χ1) is 12.5. The van der Waals surface area contributed by atoms with Crippen LogP contribution in [-0.4, -0.2) is 33.1 Å². The molecule has 0 radical (unpaired) electrons. The third-order valence-electron chi connectivity index (χ3n) is 4.09. The van der Waals surface area contributed by atoms with Gasteiger partial charge in [0.2, 0.25) is 5.91 Å². The molecule has 0 heterocycles. The number of benzene rings is 2. The summed E-state index contributed by atoms with van der Waals surface area (Å²) >= 11 is 0. The average molecular weight is 356 g/mol. The van der Waals surface area contributed by atoms with Gasteiger partial charge in [-0.1, -0.05) is 18.2 Å². The van der Waals surface area contributed by atoms with Gasteiger partial charge >= 0.3 is 0 Å². The zero-order valence-corrected chi connectivity index (χ0v) is 15.5. The van der Waals surface area contributed by atoms with E-state index in [1.807, 2.05) is 37.3 Å². The minimum absolute atomic E-state index is 0.157. The van der Waals surface area contributed by atoms with Crippen molar-refractivity contribution in [3.63, 3.8) is 0 Å². The molecule has 0 saturated carbocycles. The van der Waals surface area contributed by atoms with Crippen LogP contribution in [0.2, 0.25) is 0 Å². The summed E-state index contributed by atoms with van der Waals surface area (Å²) in [7, 11) is 4.72. The van der Waals surface area contributed by atoms with Gasteiger partial charge in [0.15, 0.2) is 11.5 Å². The summed E-state index contributed by atoms with van der Waals surface area (Å²) in [6.07, 6.45) is 0.837. The lowest BCUT2D eigenvalue weighted by Gasteiger charge is -2.13. The fourth-order valence-electron chi connectivity index (χ4n) is 2.71. The summed E-state index contributed by atoms with van der Waals surface area (Å²) in [6.45, 7) is 1.84. The molecule has 0 fully saturated rings. The van der Waals surface area contributed by atoms with E-state index < -0.39 is 0 Å². The Balaban J connectivity index is 2.06. The van der Waals surface area contributed by atoms with Crippen molar-refractivity contribution in [2.45, 2.75) is 19.8 Å². The summed E-state index contributed by atoms with van der Waals surface area (Å²) in [5, 5.41) is 5.43. The van der Waals surface area contributed by atoms with Crippen molar-refractivity contribution < 1.29 is 19.1 Å². The number of hydrogen-bond acceptors (Lipinski definition) is 4. The Bertz CT molecular complexity index is 802. The zero-order valence-electron chi connectivity index (χ0n) is 15.5. The normalized spacial score (nSPS) is 10.2. The molecule has 138 valence electrons. The Morgan fingerprint density at radius 1 is 1.04 bits per heavy atom. The quantitative estimate of drug-likeness (QED) is 0.800. The van der Waals surface area contributed by atoms with Crippen molar-refractivity contribution in [1.29, 1.82) is 0 Å². The summed E-state index contributed by atoms with van der Waals surface area (Å²) < 4.78 is 10.5. The van der Waals surface area contributed by atoms with E-state index in [2.05, 4.69) is 10.6 Å². The van der Waals surface area contributed by atoms with Gasteiger partial charge in [-0.2, -0.15) is 0 Å². The molecule has 0 spiro atoms. The van der Waals surface area contributed by atoms with Crippen LogP contribution in [-0.2, 0) is 11.2 Å². The van der Waals surface area contributed by atoms with Crippen molar-refractivity contribution in [2.75, 3.05) is 26.6 Å². The van der Waals surface area contributed by atoms with E-state index in [0.29, 0.717) is 29.2 Å². The molecule has 26 heavy (non-hydrogen) atoms. The van der Waals surface area contributed by atoms with Crippen LogP contribution in [0, 0.1) is 6.92 Å². The molecule has 0 aromatic heterocycles. The fourth-order valence-corrected chi connectivity index (χ4v) is 2.71. The molecule has 6 nitrogen and oxygen atoms in total. The largest absolute Gasteiger partial charge is 0.493 e. The second kappa shape index (κ2) is 8.89. The third kappa shape index (κ3) is 4.53. The standard InChI is InChI=1S/C20H24N2O4/c1-13-6-5-7-15(19(13)20(24)21-2)22-18(23)11-9-14-8-10-16(25-3)17(12-14)26-4/h5-8,10,12H,9,11H2,1-4H3,(H,21,24)(H,22,23). The minimum atomic E-state index is -0.224. The smallest absolute Gasteiger partial charge is 0.253 e. The summed E-state index contributed by atoms with van der Waals surface area (Å²) in [4.78, 5) is 24.4. The number of nitrogens with one attached hydrogen (secondary N) is 2. The number of methoxy groups -OCH3 is 2. The molecule has 2 aromatic carbocycles. The molecule has 0 aliphatic heterocycles. The van der Waals surface area contributed by atoms with E-state index in [4.69, 9.17) is 9.47 Å². The fraction of sp³-hybridized carbons (Fsp3) is 0.300. The number of carbonyl (C=O) groups is 2. The SMILES string of the molecule is CNC(=O)c1c(C)cccc1NC(=O)CCc1ccc(OC)c(OC)c1. The van der Waals surface area contributed by atoms with Gasteiger partial charge in [-0.3, -0.25) is 9.59 Å². The van der Waals surface area contributed by atoms with E-state index in [0.717, 1.165) is 11.1 Å². The predicted octanol–water partition coefficient (Wildman–Crippen LogP) is 2.94. The topological polar surface area (TPSA) is 76.7 Å². The Morgan fingerprint density at radius 3 is 2.42 bits per heavy atom. The van der Waals surface area contributed by atoms with E-state index in [1.165, 1.54) is 0 Å². The second-order valence-electron chi connectivity index (χ2n) is 5.81. The maximum atomic E-state index is 12.3. The molecular weight excluding hydrogens is 332 g/mol. The summed E-state index contributed by atoms with van der Waals surface area (Å²) in [5.41, 5.74) is 2.77. The van der Waals surface area contributed by atoms with Crippen molar-refractivity contribution >= 4 is 17.5 Å². The molecule has 0 aliphatic rings. The van der Waals surface area contributed by atoms with Crippen LogP contribution in [0.4, 0.5) is 5.69 Å². The van der Waals surface area contributed by atoms with Crippen molar-refractivity contribution in [2.24, 2.45) is 0 Å². The number of amides is 2. The molecule has 0 unspecified atom stereocenters. The lowest BCUT2D eigenvalue weighted by atomic mass is 10.0. The number of anilines is 1. The van der Waals surface area contributed by atoms with Crippen molar-refractivity contribution in [3.05, 3.63) is 53.1 Å². The highest BCUT2D eigenvalue weighted by Crippen LogP contribution is 2.28. The number of carbonyl (C=O) groups excluding carboxylic acids is 2. The third-order valence-corrected chi connectivity index (χ3v) is 4.09. The highest BCUT2D eigenvalue weighted by molar-refractivity contribution is 6.04. The second-order valence-corrected chi connectivity index (χ2v) is 5.81. The van der Waals surface area contributed by atoms with Gasteiger partial charge in [0.1, 0.15) is 0 Å². The number of hydrogen-bond donors (Lipinski definition) is 2. The van der Waals surface area contributed by atoms with Crippen LogP contribution in [0.25, 0.3) is 0 Å². The van der Waals surface area contributed by atoms with Crippen LogP contribution < -0.4 is 20.1 Å². The van der Waals surface area contributed by atoms with Crippen molar-refractivity contribution in [1.82, 2.24) is 5.32 Å². The molecule has 2 aromatic rings. The first-order valence-electron chi connectivity index (χ1n) is 8.32. The maximum Gasteiger partial charge on any atom is 0.253 e. The lowest BCUT2D eigenvalue weighted by Crippen LogP contribution is -2.22. The number of ether oxygens (including phenoxy) is 2. The first kappa shape index (κ1) is 19.3. The molecule has 0 aliphatic carbocycles. The summed E-state index contributed by atoms with van der Waals surface area (Å²) in [5.74, 6) is 0.899. The monoisotopic (exact) mass is 356 g/mol. The Hall–Kier alpha value is -3.02. The predicted molar refractivity (Wildman–Crippen MR) is 101 cm³/mol. The molecule has 2 rings (SSSR count). The highest BCUT2D eigenvalue weighted by atomic mass is 16.5. The van der Waals surface area contributed by atoms with Crippen LogP contribution in [0.5, 0.6) is 11.5 Å². The highest BCUT2D eigenvalue weighted by Gasteiger charge is 2.15. The Kier molecular flexibility index (Phi) is 6.60.